The quantitative estimate of drug-likeness (QED) is 0.806. The smallest absolute Gasteiger partial charge is 0.251 e. The van der Waals surface area contributed by atoms with Crippen molar-refractivity contribution in [1.82, 2.24) is 10.2 Å². The third-order valence-corrected chi connectivity index (χ3v) is 4.96. The minimum absolute atomic E-state index is 0.149. The normalized spacial score (nSPS) is 16.4. The maximum Gasteiger partial charge on any atom is 0.251 e. The van der Waals surface area contributed by atoms with E-state index in [1.807, 2.05) is 25.1 Å². The molecule has 0 aromatic heterocycles. The topological polar surface area (TPSA) is 84.9 Å². The molecule has 0 unspecified atom stereocenters. The highest BCUT2D eigenvalue weighted by Crippen LogP contribution is 2.34. The number of benzene rings is 2. The van der Waals surface area contributed by atoms with Crippen molar-refractivity contribution in [3.05, 3.63) is 59.2 Å². The molecule has 0 spiro atoms. The van der Waals surface area contributed by atoms with Crippen LogP contribution in [-0.2, 0) is 16.1 Å². The van der Waals surface area contributed by atoms with Crippen molar-refractivity contribution in [3.8, 4) is 11.5 Å². The first-order valence-corrected chi connectivity index (χ1v) is 9.14. The van der Waals surface area contributed by atoms with Crippen LogP contribution >= 0.6 is 0 Å². The molecule has 2 aliphatic heterocycles. The second-order valence-corrected chi connectivity index (χ2v) is 6.88. The highest BCUT2D eigenvalue weighted by atomic mass is 16.7. The van der Waals surface area contributed by atoms with Gasteiger partial charge in [0.05, 0.1) is 12.6 Å². The monoisotopic (exact) mass is 380 g/mol. The summed E-state index contributed by atoms with van der Waals surface area (Å²) in [4.78, 5) is 37.2. The number of ether oxygens (including phenoxy) is 2. The number of hydrogen-bond donors (Lipinski definition) is 1. The van der Waals surface area contributed by atoms with Gasteiger partial charge in [0.1, 0.15) is 0 Å². The van der Waals surface area contributed by atoms with Gasteiger partial charge in [-0.1, -0.05) is 18.2 Å². The van der Waals surface area contributed by atoms with Gasteiger partial charge in [-0.25, -0.2) is 0 Å². The molecule has 144 valence electrons. The number of amides is 3. The van der Waals surface area contributed by atoms with E-state index in [0.717, 1.165) is 11.1 Å². The van der Waals surface area contributed by atoms with E-state index in [4.69, 9.17) is 9.47 Å². The number of carbonyl (C=O) groups is 3. The zero-order chi connectivity index (χ0) is 19.7. The van der Waals surface area contributed by atoms with Crippen LogP contribution in [0.25, 0.3) is 0 Å². The summed E-state index contributed by atoms with van der Waals surface area (Å²) in [6.45, 7) is 2.35. The van der Waals surface area contributed by atoms with E-state index >= 15 is 0 Å². The summed E-state index contributed by atoms with van der Waals surface area (Å²) in [6, 6.07) is 12.3. The molecule has 0 bridgehead atoms. The van der Waals surface area contributed by atoms with E-state index < -0.39 is 0 Å². The summed E-state index contributed by atoms with van der Waals surface area (Å²) in [6.07, 6.45) is 0.550. The molecule has 7 nitrogen and oxygen atoms in total. The van der Waals surface area contributed by atoms with E-state index in [-0.39, 0.29) is 49.9 Å². The van der Waals surface area contributed by atoms with E-state index in [0.29, 0.717) is 17.1 Å². The lowest BCUT2D eigenvalue weighted by molar-refractivity contribution is -0.139. The number of fused-ring (bicyclic) bond motifs is 1. The summed E-state index contributed by atoms with van der Waals surface area (Å²) in [7, 11) is 0. The Bertz CT molecular complexity index is 922. The van der Waals surface area contributed by atoms with Crippen molar-refractivity contribution in [2.45, 2.75) is 32.4 Å². The van der Waals surface area contributed by atoms with Gasteiger partial charge in [-0.05, 0) is 42.3 Å². The van der Waals surface area contributed by atoms with Gasteiger partial charge in [-0.2, -0.15) is 0 Å². The number of likely N-dealkylation sites (tertiary alicyclic amines) is 1. The highest BCUT2D eigenvalue weighted by molar-refractivity contribution is 6.01. The third kappa shape index (κ3) is 3.55. The Morgan fingerprint density at radius 3 is 2.43 bits per heavy atom. The Balaban J connectivity index is 1.39. The molecule has 4 rings (SSSR count). The van der Waals surface area contributed by atoms with E-state index in [1.165, 1.54) is 4.90 Å². The van der Waals surface area contributed by atoms with Crippen molar-refractivity contribution in [2.24, 2.45) is 0 Å². The van der Waals surface area contributed by atoms with Crippen molar-refractivity contribution in [2.75, 3.05) is 6.79 Å². The first-order valence-electron chi connectivity index (χ1n) is 9.14. The lowest BCUT2D eigenvalue weighted by Crippen LogP contribution is -2.28. The molecule has 1 saturated heterocycles. The van der Waals surface area contributed by atoms with Gasteiger partial charge in [-0.3, -0.25) is 19.3 Å². The molecule has 2 aromatic carbocycles. The predicted octanol–water partition coefficient (Wildman–Crippen LogP) is 2.56. The molecule has 1 atom stereocenters. The van der Waals surface area contributed by atoms with Crippen LogP contribution in [0.5, 0.6) is 11.5 Å². The molecule has 2 heterocycles. The Morgan fingerprint density at radius 2 is 1.71 bits per heavy atom. The number of rotatable bonds is 5. The van der Waals surface area contributed by atoms with Crippen molar-refractivity contribution >= 4 is 17.7 Å². The second kappa shape index (κ2) is 7.34. The summed E-state index contributed by atoms with van der Waals surface area (Å²) in [5.41, 5.74) is 2.24. The number of imide groups is 1. The van der Waals surface area contributed by atoms with Crippen LogP contribution in [0, 0.1) is 0 Å². The zero-order valence-corrected chi connectivity index (χ0v) is 15.4. The molecule has 7 heteroatoms. The molecule has 1 fully saturated rings. The predicted molar refractivity (Wildman–Crippen MR) is 99.7 cm³/mol. The van der Waals surface area contributed by atoms with Crippen LogP contribution in [0.2, 0.25) is 0 Å². The number of hydrogen-bond acceptors (Lipinski definition) is 5. The molecule has 28 heavy (non-hydrogen) atoms. The lowest BCUT2D eigenvalue weighted by Gasteiger charge is -2.16. The number of carbonyl (C=O) groups excluding carboxylic acids is 3. The van der Waals surface area contributed by atoms with Crippen molar-refractivity contribution < 1.29 is 23.9 Å². The molecular weight excluding hydrogens is 360 g/mol. The van der Waals surface area contributed by atoms with Crippen LogP contribution in [-0.4, -0.2) is 29.4 Å². The van der Waals surface area contributed by atoms with Crippen LogP contribution in [0.4, 0.5) is 0 Å². The van der Waals surface area contributed by atoms with Crippen LogP contribution in [0.1, 0.15) is 47.3 Å². The summed E-state index contributed by atoms with van der Waals surface area (Å²) >= 11 is 0. The van der Waals surface area contributed by atoms with Gasteiger partial charge >= 0.3 is 0 Å². The van der Waals surface area contributed by atoms with Crippen LogP contribution in [0.15, 0.2) is 42.5 Å². The first kappa shape index (κ1) is 18.0. The fourth-order valence-electron chi connectivity index (χ4n) is 3.29. The number of nitrogens with one attached hydrogen (secondary N) is 1. The van der Waals surface area contributed by atoms with Gasteiger partial charge in [0, 0.05) is 18.4 Å². The Hall–Kier alpha value is -3.35. The minimum atomic E-state index is -0.207. The standard InChI is InChI=1S/C21H20N2O5/c1-13(16-6-7-17-18(10-16)28-12-27-17)22-21(26)15-4-2-14(3-5-15)11-23-19(24)8-9-20(23)25/h2-7,10,13H,8-9,11-12H2,1H3,(H,22,26)/t13-/m1/s1. The lowest BCUT2D eigenvalue weighted by atomic mass is 10.1. The maximum absolute atomic E-state index is 12.5. The maximum atomic E-state index is 12.5. The van der Waals surface area contributed by atoms with E-state index in [9.17, 15) is 14.4 Å². The average Bonchev–Trinajstić information content (AvgIpc) is 3.29. The van der Waals surface area contributed by atoms with Gasteiger partial charge in [0.2, 0.25) is 18.6 Å². The summed E-state index contributed by atoms with van der Waals surface area (Å²) in [5.74, 6) is 0.876. The Labute approximate surface area is 162 Å². The summed E-state index contributed by atoms with van der Waals surface area (Å²) in [5, 5.41) is 2.96. The minimum Gasteiger partial charge on any atom is -0.454 e. The van der Waals surface area contributed by atoms with Gasteiger partial charge in [-0.15, -0.1) is 0 Å². The summed E-state index contributed by atoms with van der Waals surface area (Å²) < 4.78 is 10.7. The van der Waals surface area contributed by atoms with E-state index in [2.05, 4.69) is 5.32 Å². The molecular formula is C21H20N2O5. The Kier molecular flexibility index (Phi) is 4.73. The largest absolute Gasteiger partial charge is 0.454 e. The third-order valence-electron chi connectivity index (χ3n) is 4.96. The van der Waals surface area contributed by atoms with E-state index in [1.54, 1.807) is 24.3 Å². The fourth-order valence-corrected chi connectivity index (χ4v) is 3.29. The average molecular weight is 380 g/mol. The van der Waals surface area contributed by atoms with Gasteiger partial charge < -0.3 is 14.8 Å². The molecule has 2 aromatic rings. The molecule has 3 amide bonds. The van der Waals surface area contributed by atoms with Crippen LogP contribution in [0.3, 0.4) is 0 Å². The van der Waals surface area contributed by atoms with Gasteiger partial charge in [0.15, 0.2) is 11.5 Å². The van der Waals surface area contributed by atoms with Crippen molar-refractivity contribution in [1.29, 1.82) is 0 Å². The number of nitrogens with zero attached hydrogens (tertiary/aromatic N) is 1. The van der Waals surface area contributed by atoms with Gasteiger partial charge in [0.25, 0.3) is 5.91 Å². The fraction of sp³-hybridized carbons (Fsp3) is 0.286. The van der Waals surface area contributed by atoms with Crippen molar-refractivity contribution in [3.63, 3.8) is 0 Å². The second-order valence-electron chi connectivity index (χ2n) is 6.88. The zero-order valence-electron chi connectivity index (χ0n) is 15.4. The molecule has 2 aliphatic rings. The Morgan fingerprint density at radius 1 is 1.04 bits per heavy atom. The molecule has 0 saturated carbocycles. The molecule has 1 N–H and O–H groups in total. The first-order chi connectivity index (χ1) is 13.5. The molecule has 0 aliphatic carbocycles. The molecule has 0 radical (unpaired) electrons. The van der Waals surface area contributed by atoms with Crippen LogP contribution < -0.4 is 14.8 Å². The SMILES string of the molecule is C[C@@H](NC(=O)c1ccc(CN2C(=O)CCC2=O)cc1)c1ccc2c(c1)OCO2. The highest BCUT2D eigenvalue weighted by Gasteiger charge is 2.28.